The number of nitrogens with one attached hydrogen (secondary N) is 1. The number of thiocarbonyl (C=S) groups is 1. The highest BCUT2D eigenvalue weighted by Gasteiger charge is 2.42. The van der Waals surface area contributed by atoms with Gasteiger partial charge in [-0.05, 0) is 37.5 Å². The van der Waals surface area contributed by atoms with E-state index in [-0.39, 0.29) is 5.56 Å². The third-order valence-electron chi connectivity index (χ3n) is 3.73. The summed E-state index contributed by atoms with van der Waals surface area (Å²) in [7, 11) is 1.44. The van der Waals surface area contributed by atoms with Gasteiger partial charge >= 0.3 is 0 Å². The zero-order valence-corrected chi connectivity index (χ0v) is 11.9. The Morgan fingerprint density at radius 1 is 1.50 bits per heavy atom. The highest BCUT2D eigenvalue weighted by molar-refractivity contribution is 7.79. The van der Waals surface area contributed by atoms with E-state index in [1.807, 2.05) is 0 Å². The maximum absolute atomic E-state index is 14.0. The molecular formula is C14H15FN2O2S. The number of carbonyl (C=O) groups excluding carboxylic acids is 2. The molecule has 1 aliphatic rings. The summed E-state index contributed by atoms with van der Waals surface area (Å²) in [6, 6.07) is 4.23. The van der Waals surface area contributed by atoms with Crippen LogP contribution in [0, 0.1) is 5.82 Å². The number of benzene rings is 1. The van der Waals surface area contributed by atoms with E-state index in [2.05, 4.69) is 5.32 Å². The molecule has 0 radical (unpaired) electrons. The van der Waals surface area contributed by atoms with Crippen molar-refractivity contribution in [2.75, 3.05) is 11.9 Å². The van der Waals surface area contributed by atoms with Gasteiger partial charge < -0.3 is 15.0 Å². The fourth-order valence-corrected chi connectivity index (χ4v) is 2.68. The molecule has 0 heterocycles. The number of rotatable bonds is 5. The number of anilines is 1. The summed E-state index contributed by atoms with van der Waals surface area (Å²) in [5, 5.41) is 2.37. The van der Waals surface area contributed by atoms with Gasteiger partial charge in [-0.3, -0.25) is 4.79 Å². The molecule has 4 nitrogen and oxygen atoms in total. The van der Waals surface area contributed by atoms with Gasteiger partial charge in [0.1, 0.15) is 17.6 Å². The summed E-state index contributed by atoms with van der Waals surface area (Å²) in [6.45, 7) is 0. The van der Waals surface area contributed by atoms with Gasteiger partial charge in [0.05, 0.1) is 11.1 Å². The highest BCUT2D eigenvalue weighted by Crippen LogP contribution is 2.38. The van der Waals surface area contributed by atoms with Crippen molar-refractivity contribution in [3.8, 4) is 0 Å². The molecule has 1 aromatic carbocycles. The van der Waals surface area contributed by atoms with Crippen molar-refractivity contribution in [3.63, 3.8) is 0 Å². The van der Waals surface area contributed by atoms with Crippen LogP contribution in [0.25, 0.3) is 0 Å². The second kappa shape index (κ2) is 5.66. The molecule has 1 fully saturated rings. The first-order valence-corrected chi connectivity index (χ1v) is 6.78. The minimum absolute atomic E-state index is 0.0330. The molecule has 0 aliphatic heterocycles. The molecule has 1 amide bonds. The topological polar surface area (TPSA) is 49.4 Å². The summed E-state index contributed by atoms with van der Waals surface area (Å²) in [5.74, 6) is -1.12. The van der Waals surface area contributed by atoms with Crippen molar-refractivity contribution in [2.24, 2.45) is 0 Å². The van der Waals surface area contributed by atoms with Gasteiger partial charge in [0, 0.05) is 12.7 Å². The summed E-state index contributed by atoms with van der Waals surface area (Å²) in [4.78, 5) is 24.4. The Balaban J connectivity index is 2.37. The Morgan fingerprint density at radius 3 is 2.60 bits per heavy atom. The number of halogens is 1. The number of hydrogen-bond acceptors (Lipinski definition) is 3. The maximum atomic E-state index is 14.0. The number of aldehydes is 1. The molecule has 2 rings (SSSR count). The molecule has 6 heteroatoms. The van der Waals surface area contributed by atoms with E-state index in [1.54, 1.807) is 11.0 Å². The molecule has 20 heavy (non-hydrogen) atoms. The molecule has 0 aromatic heterocycles. The van der Waals surface area contributed by atoms with Crippen molar-refractivity contribution in [1.82, 2.24) is 5.32 Å². The fraction of sp³-hybridized carbons (Fsp3) is 0.357. The standard InChI is InChI=1S/C14H15FN2O2S/c1-16-13(19)11-4-3-10(7-12(11)15)17(9-20)14(8-18)5-2-6-14/h3-4,7-9H,2,5-6H2,1H3,(H,16,19). The van der Waals surface area contributed by atoms with Crippen LogP contribution in [0.2, 0.25) is 0 Å². The Morgan fingerprint density at radius 2 is 2.20 bits per heavy atom. The SMILES string of the molecule is CNC(=O)c1ccc(N(C=S)C2(C=O)CCC2)cc1F. The lowest BCUT2D eigenvalue weighted by Crippen LogP contribution is -2.54. The number of nitrogens with zero attached hydrogens (tertiary/aromatic N) is 1. The van der Waals surface area contributed by atoms with E-state index in [9.17, 15) is 14.0 Å². The van der Waals surface area contributed by atoms with Crippen molar-refractivity contribution in [1.29, 1.82) is 0 Å². The van der Waals surface area contributed by atoms with Gasteiger partial charge in [-0.1, -0.05) is 12.2 Å². The molecule has 0 spiro atoms. The maximum Gasteiger partial charge on any atom is 0.253 e. The smallest absolute Gasteiger partial charge is 0.253 e. The molecule has 0 saturated heterocycles. The third kappa shape index (κ3) is 2.31. The number of amides is 1. The Bertz CT molecular complexity index is 558. The normalized spacial score (nSPS) is 15.9. The average Bonchev–Trinajstić information content (AvgIpc) is 2.41. The first kappa shape index (κ1) is 14.6. The van der Waals surface area contributed by atoms with Gasteiger partial charge in [-0.25, -0.2) is 4.39 Å². The summed E-state index contributed by atoms with van der Waals surface area (Å²) >= 11 is 4.96. The van der Waals surface area contributed by atoms with Gasteiger partial charge in [0.25, 0.3) is 5.91 Å². The van der Waals surface area contributed by atoms with Crippen LogP contribution in [0.15, 0.2) is 18.2 Å². The van der Waals surface area contributed by atoms with E-state index in [0.29, 0.717) is 18.5 Å². The zero-order chi connectivity index (χ0) is 14.8. The average molecular weight is 294 g/mol. The third-order valence-corrected chi connectivity index (χ3v) is 3.94. The lowest BCUT2D eigenvalue weighted by molar-refractivity contribution is -0.114. The molecule has 1 aliphatic carbocycles. The largest absolute Gasteiger partial charge is 0.355 e. The number of carbonyl (C=O) groups is 2. The Hall–Kier alpha value is -1.82. The van der Waals surface area contributed by atoms with Crippen LogP contribution < -0.4 is 10.2 Å². The van der Waals surface area contributed by atoms with Crippen LogP contribution in [0.3, 0.4) is 0 Å². The quantitative estimate of drug-likeness (QED) is 0.667. The lowest BCUT2D eigenvalue weighted by Gasteiger charge is -2.45. The van der Waals surface area contributed by atoms with Crippen LogP contribution in [0.1, 0.15) is 29.6 Å². The molecule has 1 saturated carbocycles. The molecule has 106 valence electrons. The van der Waals surface area contributed by atoms with Crippen molar-refractivity contribution in [3.05, 3.63) is 29.6 Å². The van der Waals surface area contributed by atoms with Gasteiger partial charge in [0.2, 0.25) is 0 Å². The van der Waals surface area contributed by atoms with Crippen LogP contribution in [-0.4, -0.2) is 30.3 Å². The predicted octanol–water partition coefficient (Wildman–Crippen LogP) is 2.07. The first-order valence-electron chi connectivity index (χ1n) is 6.30. The minimum atomic E-state index is -0.664. The van der Waals surface area contributed by atoms with Gasteiger partial charge in [-0.2, -0.15) is 0 Å². The lowest BCUT2D eigenvalue weighted by atomic mass is 9.76. The van der Waals surface area contributed by atoms with Crippen LogP contribution >= 0.6 is 12.2 Å². The summed E-state index contributed by atoms with van der Waals surface area (Å²) in [5.41, 5.74) is 1.15. The molecule has 0 unspecified atom stereocenters. The van der Waals surface area contributed by atoms with Crippen molar-refractivity contribution in [2.45, 2.75) is 24.8 Å². The van der Waals surface area contributed by atoms with Gasteiger partial charge in [0.15, 0.2) is 0 Å². The molecule has 0 bridgehead atoms. The molecule has 0 atom stereocenters. The van der Waals surface area contributed by atoms with Crippen molar-refractivity contribution >= 4 is 35.6 Å². The van der Waals surface area contributed by atoms with E-state index < -0.39 is 17.3 Å². The molecular weight excluding hydrogens is 279 g/mol. The molecule has 1 aromatic rings. The van der Waals surface area contributed by atoms with Crippen LogP contribution in [-0.2, 0) is 4.79 Å². The fourth-order valence-electron chi connectivity index (χ4n) is 2.35. The van der Waals surface area contributed by atoms with Crippen LogP contribution in [0.5, 0.6) is 0 Å². The predicted molar refractivity (Wildman–Crippen MR) is 78.6 cm³/mol. The Kier molecular flexibility index (Phi) is 4.13. The first-order chi connectivity index (χ1) is 9.57. The van der Waals surface area contributed by atoms with E-state index in [4.69, 9.17) is 12.2 Å². The summed E-state index contributed by atoms with van der Waals surface area (Å²) in [6.07, 6.45) is 3.20. The van der Waals surface area contributed by atoms with E-state index in [1.165, 1.54) is 24.7 Å². The zero-order valence-electron chi connectivity index (χ0n) is 11.1. The van der Waals surface area contributed by atoms with E-state index >= 15 is 0 Å². The minimum Gasteiger partial charge on any atom is -0.355 e. The number of hydrogen-bond donors (Lipinski definition) is 1. The molecule has 1 N–H and O–H groups in total. The second-order valence-electron chi connectivity index (χ2n) is 4.79. The highest BCUT2D eigenvalue weighted by atomic mass is 32.1. The Labute approximate surface area is 122 Å². The second-order valence-corrected chi connectivity index (χ2v) is 5.00. The monoisotopic (exact) mass is 294 g/mol. The van der Waals surface area contributed by atoms with Crippen LogP contribution in [0.4, 0.5) is 10.1 Å². The van der Waals surface area contributed by atoms with Crippen molar-refractivity contribution < 1.29 is 14.0 Å². The van der Waals surface area contributed by atoms with Gasteiger partial charge in [-0.15, -0.1) is 0 Å². The summed E-state index contributed by atoms with van der Waals surface area (Å²) < 4.78 is 14.0. The van der Waals surface area contributed by atoms with E-state index in [0.717, 1.165) is 12.7 Å².